The number of hydrogen-bond acceptors (Lipinski definition) is 4. The summed E-state index contributed by atoms with van der Waals surface area (Å²) in [6.07, 6.45) is 1.49. The van der Waals surface area contributed by atoms with Crippen molar-refractivity contribution in [3.8, 4) is 0 Å². The zero-order valence-electron chi connectivity index (χ0n) is 11.8. The van der Waals surface area contributed by atoms with Crippen molar-refractivity contribution in [1.82, 2.24) is 5.32 Å². The van der Waals surface area contributed by atoms with Gasteiger partial charge < -0.3 is 10.4 Å². The van der Waals surface area contributed by atoms with E-state index in [1.54, 1.807) is 6.92 Å². The number of aryl methyl sites for hydroxylation is 1. The van der Waals surface area contributed by atoms with E-state index in [0.717, 1.165) is 12.8 Å². The lowest BCUT2D eigenvalue weighted by Gasteiger charge is -2.26. The molecule has 1 aromatic rings. The van der Waals surface area contributed by atoms with E-state index in [2.05, 4.69) is 5.32 Å². The fraction of sp³-hybridized carbons (Fsp3) is 0.429. The normalized spacial score (nSPS) is 16.9. The Labute approximate surface area is 121 Å². The molecule has 1 aliphatic carbocycles. The Morgan fingerprint density at radius 2 is 2.05 bits per heavy atom. The number of rotatable bonds is 5. The van der Waals surface area contributed by atoms with Gasteiger partial charge in [0.25, 0.3) is 11.6 Å². The minimum absolute atomic E-state index is 0.0837. The van der Waals surface area contributed by atoms with Crippen LogP contribution >= 0.6 is 0 Å². The van der Waals surface area contributed by atoms with E-state index in [0.29, 0.717) is 5.56 Å². The van der Waals surface area contributed by atoms with Gasteiger partial charge in [0.2, 0.25) is 0 Å². The predicted octanol–water partition coefficient (Wildman–Crippen LogP) is 1.89. The maximum absolute atomic E-state index is 12.2. The molecule has 1 fully saturated rings. The van der Waals surface area contributed by atoms with E-state index >= 15 is 0 Å². The van der Waals surface area contributed by atoms with Gasteiger partial charge in [0.1, 0.15) is 5.54 Å². The highest BCUT2D eigenvalue weighted by atomic mass is 16.6. The highest BCUT2D eigenvalue weighted by Gasteiger charge is 2.48. The van der Waals surface area contributed by atoms with E-state index in [-0.39, 0.29) is 17.2 Å². The van der Waals surface area contributed by atoms with Crippen molar-refractivity contribution >= 4 is 17.6 Å². The van der Waals surface area contributed by atoms with Crippen LogP contribution in [0.4, 0.5) is 5.69 Å². The van der Waals surface area contributed by atoms with Gasteiger partial charge in [-0.1, -0.05) is 6.07 Å². The minimum atomic E-state index is -1.34. The minimum Gasteiger partial charge on any atom is -0.480 e. The van der Waals surface area contributed by atoms with Crippen LogP contribution in [-0.2, 0) is 4.79 Å². The molecule has 2 rings (SSSR count). The molecule has 0 saturated heterocycles. The number of benzene rings is 1. The Kier molecular flexibility index (Phi) is 3.67. The summed E-state index contributed by atoms with van der Waals surface area (Å²) in [6.45, 7) is 3.04. The third kappa shape index (κ3) is 2.86. The first-order chi connectivity index (χ1) is 9.75. The number of nitro benzene ring substituents is 1. The fourth-order valence-electron chi connectivity index (χ4n) is 2.25. The van der Waals surface area contributed by atoms with Crippen LogP contribution in [-0.4, -0.2) is 27.4 Å². The van der Waals surface area contributed by atoms with E-state index in [4.69, 9.17) is 0 Å². The summed E-state index contributed by atoms with van der Waals surface area (Å²) in [5.74, 6) is -1.81. The van der Waals surface area contributed by atoms with Crippen molar-refractivity contribution < 1.29 is 19.6 Å². The molecule has 7 nitrogen and oxygen atoms in total. The van der Waals surface area contributed by atoms with Gasteiger partial charge in [-0.25, -0.2) is 4.79 Å². The van der Waals surface area contributed by atoms with Gasteiger partial charge in [-0.15, -0.1) is 0 Å². The summed E-state index contributed by atoms with van der Waals surface area (Å²) >= 11 is 0. The second-order valence-corrected chi connectivity index (χ2v) is 5.49. The lowest BCUT2D eigenvalue weighted by Crippen LogP contribution is -2.54. The lowest BCUT2D eigenvalue weighted by molar-refractivity contribution is -0.385. The summed E-state index contributed by atoms with van der Waals surface area (Å²) in [5.41, 5.74) is -0.970. The van der Waals surface area contributed by atoms with Crippen molar-refractivity contribution in [2.45, 2.75) is 32.2 Å². The first-order valence-corrected chi connectivity index (χ1v) is 6.56. The number of amides is 1. The van der Waals surface area contributed by atoms with Crippen LogP contribution in [0.5, 0.6) is 0 Å². The summed E-state index contributed by atoms with van der Waals surface area (Å²) in [6, 6.07) is 4.09. The van der Waals surface area contributed by atoms with Crippen molar-refractivity contribution in [2.24, 2.45) is 5.92 Å². The number of hydrogen-bond donors (Lipinski definition) is 2. The molecule has 1 amide bonds. The third-order valence-corrected chi connectivity index (χ3v) is 3.88. The number of carbonyl (C=O) groups excluding carboxylic acids is 1. The van der Waals surface area contributed by atoms with E-state index < -0.39 is 22.3 Å². The van der Waals surface area contributed by atoms with Gasteiger partial charge in [0, 0.05) is 17.2 Å². The second kappa shape index (κ2) is 5.16. The Bertz CT molecular complexity index is 624. The summed E-state index contributed by atoms with van der Waals surface area (Å²) < 4.78 is 0. The van der Waals surface area contributed by atoms with Crippen molar-refractivity contribution in [2.75, 3.05) is 0 Å². The number of nitro groups is 1. The second-order valence-electron chi connectivity index (χ2n) is 5.49. The maximum atomic E-state index is 12.2. The summed E-state index contributed by atoms with van der Waals surface area (Å²) in [7, 11) is 0. The quantitative estimate of drug-likeness (QED) is 0.636. The molecule has 0 aromatic heterocycles. The fourth-order valence-corrected chi connectivity index (χ4v) is 2.25. The molecule has 0 radical (unpaired) electrons. The zero-order valence-corrected chi connectivity index (χ0v) is 11.8. The molecule has 2 N–H and O–H groups in total. The number of carbonyl (C=O) groups is 2. The van der Waals surface area contributed by atoms with Crippen LogP contribution < -0.4 is 5.32 Å². The van der Waals surface area contributed by atoms with E-state index in [1.165, 1.54) is 25.1 Å². The molecular weight excluding hydrogens is 276 g/mol. The molecule has 112 valence electrons. The highest BCUT2D eigenvalue weighted by molar-refractivity contribution is 5.98. The van der Waals surface area contributed by atoms with Gasteiger partial charge >= 0.3 is 5.97 Å². The number of carboxylic acids is 1. The topological polar surface area (TPSA) is 110 Å². The molecule has 0 spiro atoms. The average molecular weight is 292 g/mol. The van der Waals surface area contributed by atoms with Crippen LogP contribution in [0.1, 0.15) is 35.7 Å². The molecule has 0 aliphatic heterocycles. The first-order valence-electron chi connectivity index (χ1n) is 6.56. The Morgan fingerprint density at radius 3 is 2.52 bits per heavy atom. The number of nitrogens with one attached hydrogen (secondary N) is 1. The molecular formula is C14H16N2O5. The molecule has 7 heteroatoms. The van der Waals surface area contributed by atoms with Crippen molar-refractivity contribution in [3.63, 3.8) is 0 Å². The van der Waals surface area contributed by atoms with E-state index in [9.17, 15) is 24.8 Å². The van der Waals surface area contributed by atoms with E-state index in [1.807, 2.05) is 0 Å². The molecule has 21 heavy (non-hydrogen) atoms. The molecule has 0 heterocycles. The first kappa shape index (κ1) is 15.0. The van der Waals surface area contributed by atoms with Crippen LogP contribution in [0.3, 0.4) is 0 Å². The molecule has 0 bridgehead atoms. The van der Waals surface area contributed by atoms with Gasteiger partial charge in [-0.2, -0.15) is 0 Å². The summed E-state index contributed by atoms with van der Waals surface area (Å²) in [4.78, 5) is 33.9. The van der Waals surface area contributed by atoms with Gasteiger partial charge in [0.15, 0.2) is 0 Å². The number of carboxylic acid groups (broad SMARTS) is 1. The van der Waals surface area contributed by atoms with Gasteiger partial charge in [-0.3, -0.25) is 14.9 Å². The van der Waals surface area contributed by atoms with Crippen molar-refractivity contribution in [3.05, 3.63) is 39.4 Å². The highest BCUT2D eigenvalue weighted by Crippen LogP contribution is 2.40. The molecule has 1 unspecified atom stereocenters. The largest absolute Gasteiger partial charge is 0.480 e. The number of aliphatic carboxylic acids is 1. The average Bonchev–Trinajstić information content (AvgIpc) is 3.22. The molecule has 1 saturated carbocycles. The van der Waals surface area contributed by atoms with Crippen molar-refractivity contribution in [1.29, 1.82) is 0 Å². The third-order valence-electron chi connectivity index (χ3n) is 3.88. The Morgan fingerprint density at radius 1 is 1.43 bits per heavy atom. The predicted molar refractivity (Wildman–Crippen MR) is 74.1 cm³/mol. The molecule has 1 aromatic carbocycles. The summed E-state index contributed by atoms with van der Waals surface area (Å²) in [5, 5.41) is 22.7. The van der Waals surface area contributed by atoms with Crippen LogP contribution in [0, 0.1) is 23.0 Å². The zero-order chi connectivity index (χ0) is 15.8. The molecule has 1 aliphatic rings. The maximum Gasteiger partial charge on any atom is 0.329 e. The van der Waals surface area contributed by atoms with Crippen LogP contribution in [0.15, 0.2) is 18.2 Å². The van der Waals surface area contributed by atoms with Gasteiger partial charge in [-0.05, 0) is 38.7 Å². The lowest BCUT2D eigenvalue weighted by atomic mass is 9.95. The Hall–Kier alpha value is -2.44. The standard InChI is InChI=1S/C14H16N2O5/c1-8-3-4-9(7-11(8)16(20)21)12(17)15-14(2,13(18)19)10-5-6-10/h3-4,7,10H,5-6H2,1-2H3,(H,15,17)(H,18,19). The monoisotopic (exact) mass is 292 g/mol. The Balaban J connectivity index is 2.26. The van der Waals surface area contributed by atoms with Crippen LogP contribution in [0.25, 0.3) is 0 Å². The van der Waals surface area contributed by atoms with Crippen LogP contribution in [0.2, 0.25) is 0 Å². The SMILES string of the molecule is Cc1ccc(C(=O)NC(C)(C(=O)O)C2CC2)cc1[N+](=O)[O-]. The van der Waals surface area contributed by atoms with Gasteiger partial charge in [0.05, 0.1) is 4.92 Å². The smallest absolute Gasteiger partial charge is 0.329 e. The molecule has 1 atom stereocenters. The number of nitrogens with zero attached hydrogens (tertiary/aromatic N) is 1.